The Balaban J connectivity index is 2.94. The van der Waals surface area contributed by atoms with E-state index in [-0.39, 0.29) is 5.97 Å². The van der Waals surface area contributed by atoms with E-state index in [0.717, 1.165) is 26.1 Å². The first-order valence-corrected chi connectivity index (χ1v) is 7.31. The molecule has 0 fully saturated rings. The zero-order chi connectivity index (χ0) is 15.8. The first kappa shape index (κ1) is 17.2. The molecule has 0 aliphatic carbocycles. The van der Waals surface area contributed by atoms with Crippen LogP contribution in [0.15, 0.2) is 12.3 Å². The Labute approximate surface area is 126 Å². The maximum absolute atomic E-state index is 12.1. The van der Waals surface area contributed by atoms with Crippen LogP contribution in [0.2, 0.25) is 0 Å². The molecule has 1 aromatic heterocycles. The van der Waals surface area contributed by atoms with Crippen LogP contribution in [0.25, 0.3) is 0 Å². The lowest BCUT2D eigenvalue weighted by Gasteiger charge is -2.24. The molecular weight excluding hydrogens is 268 g/mol. The Kier molecular flexibility index (Phi) is 6.94. The number of anilines is 2. The molecule has 6 nitrogen and oxygen atoms in total. The third-order valence-corrected chi connectivity index (χ3v) is 3.10. The molecule has 1 rings (SSSR count). The highest BCUT2D eigenvalue weighted by molar-refractivity contribution is 5.95. The van der Waals surface area contributed by atoms with Crippen molar-refractivity contribution in [1.82, 2.24) is 9.88 Å². The van der Waals surface area contributed by atoms with E-state index in [0.29, 0.717) is 23.7 Å². The molecule has 0 aliphatic heterocycles. The number of carbonyl (C=O) groups excluding carboxylic acids is 1. The first-order chi connectivity index (χ1) is 9.99. The van der Waals surface area contributed by atoms with Crippen LogP contribution >= 0.6 is 0 Å². The van der Waals surface area contributed by atoms with Crippen molar-refractivity contribution in [3.63, 3.8) is 0 Å². The van der Waals surface area contributed by atoms with E-state index in [1.807, 2.05) is 21.0 Å². The molecule has 118 valence electrons. The largest absolute Gasteiger partial charge is 0.462 e. The first-order valence-electron chi connectivity index (χ1n) is 7.31. The molecule has 0 atom stereocenters. The van der Waals surface area contributed by atoms with Crippen LogP contribution in [0.5, 0.6) is 0 Å². The summed E-state index contributed by atoms with van der Waals surface area (Å²) in [4.78, 5) is 20.6. The Hall–Kier alpha value is -1.82. The molecule has 0 saturated heterocycles. The lowest BCUT2D eigenvalue weighted by molar-refractivity contribution is 0.0526. The average molecular weight is 294 g/mol. The van der Waals surface area contributed by atoms with Crippen molar-refractivity contribution in [1.29, 1.82) is 0 Å². The summed E-state index contributed by atoms with van der Waals surface area (Å²) >= 11 is 0. The average Bonchev–Trinajstić information content (AvgIpc) is 2.44. The van der Waals surface area contributed by atoms with Gasteiger partial charge < -0.3 is 20.3 Å². The molecule has 0 amide bonds. The molecule has 1 heterocycles. The molecule has 0 aromatic carbocycles. The number of rotatable bonds is 8. The quantitative estimate of drug-likeness (QED) is 0.735. The van der Waals surface area contributed by atoms with E-state index >= 15 is 0 Å². The normalized spacial score (nSPS) is 10.7. The molecular formula is C15H26N4O2. The zero-order valence-corrected chi connectivity index (χ0v) is 13.4. The summed E-state index contributed by atoms with van der Waals surface area (Å²) < 4.78 is 5.09. The van der Waals surface area contributed by atoms with Gasteiger partial charge in [-0.25, -0.2) is 9.78 Å². The van der Waals surface area contributed by atoms with Crippen molar-refractivity contribution < 1.29 is 9.53 Å². The zero-order valence-electron chi connectivity index (χ0n) is 13.4. The second-order valence-corrected chi connectivity index (χ2v) is 5.10. The monoisotopic (exact) mass is 294 g/mol. The summed E-state index contributed by atoms with van der Waals surface area (Å²) in [6.07, 6.45) is 2.57. The molecule has 1 aromatic rings. The fraction of sp³-hybridized carbons (Fsp3) is 0.600. The smallest absolute Gasteiger partial charge is 0.341 e. The van der Waals surface area contributed by atoms with Crippen molar-refractivity contribution >= 4 is 17.5 Å². The van der Waals surface area contributed by atoms with Gasteiger partial charge in [0.1, 0.15) is 11.4 Å². The fourth-order valence-corrected chi connectivity index (χ4v) is 2.08. The van der Waals surface area contributed by atoms with Crippen LogP contribution in [0.3, 0.4) is 0 Å². The van der Waals surface area contributed by atoms with Crippen LogP contribution < -0.4 is 10.6 Å². The Morgan fingerprint density at radius 3 is 2.62 bits per heavy atom. The van der Waals surface area contributed by atoms with Gasteiger partial charge in [0, 0.05) is 13.1 Å². The van der Waals surface area contributed by atoms with Crippen molar-refractivity contribution in [2.24, 2.45) is 0 Å². The van der Waals surface area contributed by atoms with Gasteiger partial charge in [0.05, 0.1) is 18.5 Å². The summed E-state index contributed by atoms with van der Waals surface area (Å²) in [5.41, 5.74) is 6.65. The van der Waals surface area contributed by atoms with Gasteiger partial charge >= 0.3 is 5.97 Å². The van der Waals surface area contributed by atoms with Crippen LogP contribution in [-0.4, -0.2) is 56.2 Å². The summed E-state index contributed by atoms with van der Waals surface area (Å²) in [7, 11) is 4.09. The van der Waals surface area contributed by atoms with E-state index in [2.05, 4.69) is 14.8 Å². The third-order valence-electron chi connectivity index (χ3n) is 3.10. The van der Waals surface area contributed by atoms with E-state index < -0.39 is 0 Å². The fourth-order valence-electron chi connectivity index (χ4n) is 2.08. The predicted molar refractivity (Wildman–Crippen MR) is 85.7 cm³/mol. The lowest BCUT2D eigenvalue weighted by atomic mass is 10.2. The third kappa shape index (κ3) is 5.23. The van der Waals surface area contributed by atoms with E-state index in [1.54, 1.807) is 19.2 Å². The van der Waals surface area contributed by atoms with Gasteiger partial charge in [0.2, 0.25) is 0 Å². The minimum absolute atomic E-state index is 0.333. The number of hydrogen-bond acceptors (Lipinski definition) is 6. The maximum Gasteiger partial charge on any atom is 0.341 e. The Morgan fingerprint density at radius 1 is 1.33 bits per heavy atom. The molecule has 0 radical (unpaired) electrons. The minimum atomic E-state index is -0.377. The van der Waals surface area contributed by atoms with Crippen molar-refractivity contribution in [3.05, 3.63) is 17.8 Å². The van der Waals surface area contributed by atoms with Crippen LogP contribution in [-0.2, 0) is 4.74 Å². The Morgan fingerprint density at radius 2 is 2.05 bits per heavy atom. The number of nitrogens with zero attached hydrogens (tertiary/aromatic N) is 3. The van der Waals surface area contributed by atoms with Crippen molar-refractivity contribution in [2.75, 3.05) is 51.0 Å². The molecule has 0 spiro atoms. The SMILES string of the molecule is CCOC(=O)c1cc(N)cnc1N(CC)CCCN(C)C. The number of esters is 1. The van der Waals surface area contributed by atoms with E-state index in [9.17, 15) is 4.79 Å². The predicted octanol–water partition coefficient (Wildman–Crippen LogP) is 1.62. The minimum Gasteiger partial charge on any atom is -0.462 e. The summed E-state index contributed by atoms with van der Waals surface area (Å²) in [6.45, 7) is 6.75. The number of hydrogen-bond donors (Lipinski definition) is 1. The molecule has 0 saturated carbocycles. The molecule has 2 N–H and O–H groups in total. The number of ether oxygens (including phenoxy) is 1. The summed E-state index contributed by atoms with van der Waals surface area (Å²) in [5, 5.41) is 0. The van der Waals surface area contributed by atoms with E-state index in [1.165, 1.54) is 0 Å². The highest BCUT2D eigenvalue weighted by atomic mass is 16.5. The second-order valence-electron chi connectivity index (χ2n) is 5.10. The summed E-state index contributed by atoms with van der Waals surface area (Å²) in [6, 6.07) is 1.63. The molecule has 0 aliphatic rings. The van der Waals surface area contributed by atoms with Crippen molar-refractivity contribution in [2.45, 2.75) is 20.3 Å². The number of carbonyl (C=O) groups is 1. The molecule has 0 unspecified atom stereocenters. The number of nitrogen functional groups attached to an aromatic ring is 1. The lowest BCUT2D eigenvalue weighted by Crippen LogP contribution is -2.29. The number of nitrogens with two attached hydrogens (primary N) is 1. The van der Waals surface area contributed by atoms with Crippen molar-refractivity contribution in [3.8, 4) is 0 Å². The van der Waals surface area contributed by atoms with Gasteiger partial charge in [-0.2, -0.15) is 0 Å². The van der Waals surface area contributed by atoms with Gasteiger partial charge in [-0.3, -0.25) is 0 Å². The molecule has 0 bridgehead atoms. The van der Waals surface area contributed by atoms with Gasteiger partial charge in [-0.05, 0) is 47.0 Å². The number of pyridine rings is 1. The van der Waals surface area contributed by atoms with Gasteiger partial charge in [-0.1, -0.05) is 0 Å². The standard InChI is InChI=1S/C15H26N4O2/c1-5-19(9-7-8-18(3)4)14-13(15(20)21-6-2)10-12(16)11-17-14/h10-11H,5-9,16H2,1-4H3. The van der Waals surface area contributed by atoms with E-state index in [4.69, 9.17) is 10.5 Å². The molecule has 21 heavy (non-hydrogen) atoms. The van der Waals surface area contributed by atoms with Crippen LogP contribution in [0.1, 0.15) is 30.6 Å². The van der Waals surface area contributed by atoms with Gasteiger partial charge in [0.25, 0.3) is 0 Å². The van der Waals surface area contributed by atoms with Gasteiger partial charge in [-0.15, -0.1) is 0 Å². The summed E-state index contributed by atoms with van der Waals surface area (Å²) in [5.74, 6) is 0.266. The second kappa shape index (κ2) is 8.46. The number of aromatic nitrogens is 1. The highest BCUT2D eigenvalue weighted by Gasteiger charge is 2.18. The topological polar surface area (TPSA) is 71.7 Å². The molecule has 6 heteroatoms. The van der Waals surface area contributed by atoms with Crippen LogP contribution in [0.4, 0.5) is 11.5 Å². The van der Waals surface area contributed by atoms with Crippen LogP contribution in [0, 0.1) is 0 Å². The highest BCUT2D eigenvalue weighted by Crippen LogP contribution is 2.21. The Bertz CT molecular complexity index is 463. The maximum atomic E-state index is 12.1. The van der Waals surface area contributed by atoms with Gasteiger partial charge in [0.15, 0.2) is 0 Å².